The lowest BCUT2D eigenvalue weighted by Crippen LogP contribution is -2.44. The van der Waals surface area contributed by atoms with Crippen molar-refractivity contribution < 1.29 is 9.53 Å². The third-order valence-corrected chi connectivity index (χ3v) is 3.33. The van der Waals surface area contributed by atoms with Crippen LogP contribution in [-0.2, 0) is 4.74 Å². The van der Waals surface area contributed by atoms with E-state index in [2.05, 4.69) is 5.32 Å². The average Bonchev–Trinajstić information content (AvgIpc) is 2.26. The first-order valence-corrected chi connectivity index (χ1v) is 6.46. The Morgan fingerprint density at radius 3 is 2.18 bits per heavy atom. The molecule has 0 saturated heterocycles. The van der Waals surface area contributed by atoms with Gasteiger partial charge in [0.15, 0.2) is 0 Å². The van der Waals surface area contributed by atoms with Crippen LogP contribution in [0.3, 0.4) is 0 Å². The number of hydrogen-bond donors (Lipinski definition) is 1. The Hall–Kier alpha value is -0.770. The van der Waals surface area contributed by atoms with Gasteiger partial charge in [0.2, 0.25) is 0 Å². The maximum Gasteiger partial charge on any atom is 0.410 e. The first-order valence-electron chi connectivity index (χ1n) is 6.46. The van der Waals surface area contributed by atoms with Crippen molar-refractivity contribution in [3.63, 3.8) is 0 Å². The molecule has 1 amide bonds. The van der Waals surface area contributed by atoms with E-state index in [1.807, 2.05) is 34.9 Å². The smallest absolute Gasteiger partial charge is 0.410 e. The second kappa shape index (κ2) is 5.71. The predicted octanol–water partition coefficient (Wildman–Crippen LogP) is 2.38. The van der Waals surface area contributed by atoms with Gasteiger partial charge in [-0.05, 0) is 53.5 Å². The fourth-order valence-corrected chi connectivity index (χ4v) is 2.23. The molecule has 4 nitrogen and oxygen atoms in total. The minimum Gasteiger partial charge on any atom is -0.444 e. The van der Waals surface area contributed by atoms with Crippen LogP contribution in [0.2, 0.25) is 0 Å². The van der Waals surface area contributed by atoms with Crippen LogP contribution in [0.5, 0.6) is 0 Å². The molecule has 1 N–H and O–H groups in total. The molecule has 1 fully saturated rings. The largest absolute Gasteiger partial charge is 0.444 e. The third-order valence-electron chi connectivity index (χ3n) is 3.33. The van der Waals surface area contributed by atoms with Crippen LogP contribution in [0.4, 0.5) is 4.79 Å². The van der Waals surface area contributed by atoms with Crippen LogP contribution in [-0.4, -0.2) is 42.8 Å². The van der Waals surface area contributed by atoms with Gasteiger partial charge in [0, 0.05) is 19.1 Å². The van der Waals surface area contributed by atoms with Crippen LogP contribution < -0.4 is 5.32 Å². The molecule has 0 atom stereocenters. The van der Waals surface area contributed by atoms with Crippen LogP contribution in [0.15, 0.2) is 0 Å². The van der Waals surface area contributed by atoms with Crippen molar-refractivity contribution in [2.45, 2.75) is 64.1 Å². The van der Waals surface area contributed by atoms with Gasteiger partial charge in [-0.3, -0.25) is 0 Å². The molecule has 1 saturated carbocycles. The topological polar surface area (TPSA) is 41.6 Å². The van der Waals surface area contributed by atoms with E-state index in [-0.39, 0.29) is 6.09 Å². The van der Waals surface area contributed by atoms with Crippen molar-refractivity contribution in [2.24, 2.45) is 0 Å². The third kappa shape index (κ3) is 4.54. The molecule has 1 aliphatic carbocycles. The lowest BCUT2D eigenvalue weighted by atomic mass is 9.90. The second-order valence-electron chi connectivity index (χ2n) is 5.89. The van der Waals surface area contributed by atoms with E-state index < -0.39 is 5.60 Å². The number of hydrogen-bond acceptors (Lipinski definition) is 3. The molecule has 0 aromatic carbocycles. The van der Waals surface area contributed by atoms with E-state index in [4.69, 9.17) is 4.74 Å². The predicted molar refractivity (Wildman–Crippen MR) is 69.1 cm³/mol. The molecule has 0 heterocycles. The molecule has 1 rings (SSSR count). The second-order valence-corrected chi connectivity index (χ2v) is 5.89. The Morgan fingerprint density at radius 2 is 1.76 bits per heavy atom. The Bertz CT molecular complexity index is 253. The molecule has 0 aromatic heterocycles. The molecule has 0 bridgehead atoms. The minimum absolute atomic E-state index is 0.203. The zero-order chi connectivity index (χ0) is 13.1. The highest BCUT2D eigenvalue weighted by molar-refractivity contribution is 5.68. The molecule has 0 aliphatic heterocycles. The Labute approximate surface area is 105 Å². The Balaban J connectivity index is 2.43. The highest BCUT2D eigenvalue weighted by atomic mass is 16.6. The minimum atomic E-state index is -0.409. The quantitative estimate of drug-likeness (QED) is 0.808. The van der Waals surface area contributed by atoms with Crippen LogP contribution >= 0.6 is 0 Å². The lowest BCUT2D eigenvalue weighted by molar-refractivity contribution is 0.0180. The number of amides is 1. The molecule has 0 spiro atoms. The van der Waals surface area contributed by atoms with E-state index in [0.717, 1.165) is 25.7 Å². The van der Waals surface area contributed by atoms with Crippen LogP contribution in [0.1, 0.15) is 46.5 Å². The van der Waals surface area contributed by atoms with Gasteiger partial charge in [-0.25, -0.2) is 4.79 Å². The summed E-state index contributed by atoms with van der Waals surface area (Å²) in [6.07, 6.45) is 4.18. The fourth-order valence-electron chi connectivity index (χ4n) is 2.23. The normalized spacial score (nSPS) is 25.5. The maximum absolute atomic E-state index is 11.9. The molecule has 17 heavy (non-hydrogen) atoms. The zero-order valence-corrected chi connectivity index (χ0v) is 11.7. The first kappa shape index (κ1) is 14.3. The number of carbonyl (C=O) groups is 1. The Kier molecular flexibility index (Phi) is 4.80. The van der Waals surface area contributed by atoms with Gasteiger partial charge >= 0.3 is 6.09 Å². The molecule has 0 unspecified atom stereocenters. The number of carbonyl (C=O) groups excluding carboxylic acids is 1. The standard InChI is InChI=1S/C13H26N2O2/c1-13(2,3)17-12(16)15(5)11-8-6-10(14-4)7-9-11/h10-11,14H,6-9H2,1-5H3/t10-,11+. The van der Waals surface area contributed by atoms with E-state index in [9.17, 15) is 4.79 Å². The molecule has 0 aromatic rings. The maximum atomic E-state index is 11.9. The van der Waals surface area contributed by atoms with Gasteiger partial charge in [0.1, 0.15) is 5.60 Å². The van der Waals surface area contributed by atoms with Crippen molar-refractivity contribution in [1.29, 1.82) is 0 Å². The van der Waals surface area contributed by atoms with E-state index in [0.29, 0.717) is 12.1 Å². The van der Waals surface area contributed by atoms with Gasteiger partial charge in [-0.15, -0.1) is 0 Å². The summed E-state index contributed by atoms with van der Waals surface area (Å²) in [5, 5.41) is 3.30. The molecule has 0 radical (unpaired) electrons. The van der Waals surface area contributed by atoms with Gasteiger partial charge in [-0.2, -0.15) is 0 Å². The van der Waals surface area contributed by atoms with Crippen molar-refractivity contribution in [3.05, 3.63) is 0 Å². The van der Waals surface area contributed by atoms with Gasteiger partial charge in [0.25, 0.3) is 0 Å². The van der Waals surface area contributed by atoms with Gasteiger partial charge in [-0.1, -0.05) is 0 Å². The summed E-state index contributed by atoms with van der Waals surface area (Å²) in [4.78, 5) is 13.7. The fraction of sp³-hybridized carbons (Fsp3) is 0.923. The van der Waals surface area contributed by atoms with Gasteiger partial charge in [0.05, 0.1) is 0 Å². The number of nitrogens with one attached hydrogen (secondary N) is 1. The molecule has 4 heteroatoms. The molecule has 100 valence electrons. The summed E-state index contributed by atoms with van der Waals surface area (Å²) >= 11 is 0. The van der Waals surface area contributed by atoms with Crippen molar-refractivity contribution in [3.8, 4) is 0 Å². The average molecular weight is 242 g/mol. The molecule has 1 aliphatic rings. The number of rotatable bonds is 2. The monoisotopic (exact) mass is 242 g/mol. The first-order chi connectivity index (χ1) is 7.83. The van der Waals surface area contributed by atoms with Crippen LogP contribution in [0.25, 0.3) is 0 Å². The summed E-state index contributed by atoms with van der Waals surface area (Å²) in [5.74, 6) is 0. The van der Waals surface area contributed by atoms with Crippen molar-refractivity contribution in [1.82, 2.24) is 10.2 Å². The van der Waals surface area contributed by atoms with Crippen LogP contribution in [0, 0.1) is 0 Å². The number of ether oxygens (including phenoxy) is 1. The highest BCUT2D eigenvalue weighted by Crippen LogP contribution is 2.23. The summed E-state index contributed by atoms with van der Waals surface area (Å²) in [6.45, 7) is 5.70. The van der Waals surface area contributed by atoms with Gasteiger partial charge < -0.3 is 15.0 Å². The van der Waals surface area contributed by atoms with E-state index >= 15 is 0 Å². The number of nitrogens with zero attached hydrogens (tertiary/aromatic N) is 1. The highest BCUT2D eigenvalue weighted by Gasteiger charge is 2.28. The summed E-state index contributed by atoms with van der Waals surface area (Å²) in [6, 6.07) is 0.938. The summed E-state index contributed by atoms with van der Waals surface area (Å²) in [5.41, 5.74) is -0.409. The van der Waals surface area contributed by atoms with Crippen molar-refractivity contribution >= 4 is 6.09 Å². The van der Waals surface area contributed by atoms with Crippen molar-refractivity contribution in [2.75, 3.05) is 14.1 Å². The molecular formula is C13H26N2O2. The van der Waals surface area contributed by atoms with E-state index in [1.54, 1.807) is 4.90 Å². The summed E-state index contributed by atoms with van der Waals surface area (Å²) < 4.78 is 5.38. The molecular weight excluding hydrogens is 216 g/mol. The lowest BCUT2D eigenvalue weighted by Gasteiger charge is -2.35. The zero-order valence-electron chi connectivity index (χ0n) is 11.7. The Morgan fingerprint density at radius 1 is 1.24 bits per heavy atom. The summed E-state index contributed by atoms with van der Waals surface area (Å²) in [7, 11) is 3.85. The van der Waals surface area contributed by atoms with E-state index in [1.165, 1.54) is 0 Å². The SMILES string of the molecule is CN[C@H]1CC[C@@H](N(C)C(=O)OC(C)(C)C)CC1.